The first-order valence-corrected chi connectivity index (χ1v) is 20.0. The van der Waals surface area contributed by atoms with Gasteiger partial charge in [-0.05, 0) is 106 Å². The SMILES string of the molecule is CCCCCCCCCCC(Oc1ccccc1C(=O)Oc1ccc(OC(=O)c2ccc(OC(CC)CCCOC=CC=O)cc2)cc1)OC1CCCCO1. The van der Waals surface area contributed by atoms with Crippen LogP contribution in [-0.2, 0) is 19.0 Å². The molecule has 3 aromatic carbocycles. The molecule has 0 aliphatic carbocycles. The molecule has 1 aliphatic rings. The Kier molecular flexibility index (Phi) is 19.9. The zero-order valence-electron chi connectivity index (χ0n) is 32.5. The van der Waals surface area contributed by atoms with Crippen molar-refractivity contribution in [3.05, 3.63) is 96.3 Å². The molecule has 0 saturated carbocycles. The number of hydrogen-bond acceptors (Lipinski definition) is 10. The van der Waals surface area contributed by atoms with Crippen LogP contribution in [0.25, 0.3) is 0 Å². The summed E-state index contributed by atoms with van der Waals surface area (Å²) in [5.74, 6) is 0.516. The molecule has 0 N–H and O–H groups in total. The number of aldehydes is 1. The van der Waals surface area contributed by atoms with Crippen molar-refractivity contribution < 1.29 is 47.5 Å². The highest BCUT2D eigenvalue weighted by Crippen LogP contribution is 2.27. The quantitative estimate of drug-likeness (QED) is 0.0149. The van der Waals surface area contributed by atoms with Gasteiger partial charge in [-0.2, -0.15) is 0 Å². The first-order valence-electron chi connectivity index (χ1n) is 20.0. The summed E-state index contributed by atoms with van der Waals surface area (Å²) >= 11 is 0. The number of para-hydroxylation sites is 1. The first kappa shape index (κ1) is 43.1. The molecular formula is C45H58O10. The maximum absolute atomic E-state index is 13.4. The molecule has 55 heavy (non-hydrogen) atoms. The highest BCUT2D eigenvalue weighted by atomic mass is 16.8. The van der Waals surface area contributed by atoms with E-state index < -0.39 is 18.2 Å². The first-order chi connectivity index (χ1) is 27.0. The second kappa shape index (κ2) is 25.4. The molecule has 0 aromatic heterocycles. The van der Waals surface area contributed by atoms with Crippen molar-refractivity contribution in [1.29, 1.82) is 0 Å². The molecule has 10 nitrogen and oxygen atoms in total. The van der Waals surface area contributed by atoms with Gasteiger partial charge in [0.25, 0.3) is 0 Å². The predicted octanol–water partition coefficient (Wildman–Crippen LogP) is 10.6. The third-order valence-corrected chi connectivity index (χ3v) is 9.23. The van der Waals surface area contributed by atoms with Crippen LogP contribution >= 0.6 is 0 Å². The molecule has 3 aromatic rings. The van der Waals surface area contributed by atoms with Gasteiger partial charge >= 0.3 is 11.9 Å². The molecule has 10 heteroatoms. The van der Waals surface area contributed by atoms with Crippen LogP contribution in [0.5, 0.6) is 23.0 Å². The summed E-state index contributed by atoms with van der Waals surface area (Å²) in [6.07, 6.45) is 18.0. The fourth-order valence-corrected chi connectivity index (χ4v) is 6.13. The van der Waals surface area contributed by atoms with Gasteiger partial charge < -0.3 is 33.2 Å². The van der Waals surface area contributed by atoms with E-state index in [0.29, 0.717) is 48.7 Å². The van der Waals surface area contributed by atoms with Gasteiger partial charge in [-0.3, -0.25) is 4.79 Å². The maximum Gasteiger partial charge on any atom is 0.347 e. The van der Waals surface area contributed by atoms with E-state index in [2.05, 4.69) is 6.92 Å². The molecule has 0 radical (unpaired) electrons. The molecule has 1 saturated heterocycles. The van der Waals surface area contributed by atoms with Crippen LogP contribution in [0.4, 0.5) is 0 Å². The molecule has 1 heterocycles. The summed E-state index contributed by atoms with van der Waals surface area (Å²) in [6, 6.07) is 20.1. The molecule has 3 unspecified atom stereocenters. The lowest BCUT2D eigenvalue weighted by Gasteiger charge is -2.28. The monoisotopic (exact) mass is 758 g/mol. The fourth-order valence-electron chi connectivity index (χ4n) is 6.13. The summed E-state index contributed by atoms with van der Waals surface area (Å²) in [5.41, 5.74) is 0.643. The Balaban J connectivity index is 1.28. The molecule has 0 bridgehead atoms. The maximum atomic E-state index is 13.4. The average Bonchev–Trinajstić information content (AvgIpc) is 3.21. The van der Waals surface area contributed by atoms with Crippen molar-refractivity contribution in [2.24, 2.45) is 0 Å². The van der Waals surface area contributed by atoms with Gasteiger partial charge in [0.05, 0.1) is 24.5 Å². The second-order valence-corrected chi connectivity index (χ2v) is 13.6. The lowest BCUT2D eigenvalue weighted by Crippen LogP contribution is -2.31. The third kappa shape index (κ3) is 16.3. The van der Waals surface area contributed by atoms with Gasteiger partial charge in [0.2, 0.25) is 6.29 Å². The van der Waals surface area contributed by atoms with Crippen LogP contribution in [0.15, 0.2) is 85.1 Å². The third-order valence-electron chi connectivity index (χ3n) is 9.23. The van der Waals surface area contributed by atoms with Gasteiger partial charge in [0.1, 0.15) is 34.8 Å². The minimum absolute atomic E-state index is 0.0121. The van der Waals surface area contributed by atoms with Crippen LogP contribution in [0.1, 0.15) is 131 Å². The van der Waals surface area contributed by atoms with E-state index in [9.17, 15) is 14.4 Å². The van der Waals surface area contributed by atoms with E-state index in [0.717, 1.165) is 51.4 Å². The molecule has 1 fully saturated rings. The van der Waals surface area contributed by atoms with Crippen LogP contribution in [0, 0.1) is 0 Å². The zero-order valence-corrected chi connectivity index (χ0v) is 32.5. The average molecular weight is 759 g/mol. The van der Waals surface area contributed by atoms with Crippen molar-refractivity contribution in [3.8, 4) is 23.0 Å². The Labute approximate surface area is 326 Å². The number of carbonyl (C=O) groups excluding carboxylic acids is 3. The Morgan fingerprint density at radius 1 is 0.745 bits per heavy atom. The minimum atomic E-state index is -0.576. The summed E-state index contributed by atoms with van der Waals surface area (Å²) in [5, 5.41) is 0. The van der Waals surface area contributed by atoms with Crippen molar-refractivity contribution in [3.63, 3.8) is 0 Å². The summed E-state index contributed by atoms with van der Waals surface area (Å²) in [4.78, 5) is 36.6. The van der Waals surface area contributed by atoms with Gasteiger partial charge in [0, 0.05) is 19.1 Å². The molecule has 0 spiro atoms. The number of ether oxygens (including phenoxy) is 7. The van der Waals surface area contributed by atoms with Gasteiger partial charge in [0.15, 0.2) is 6.29 Å². The number of carbonyl (C=O) groups is 3. The molecule has 1 aliphatic heterocycles. The van der Waals surface area contributed by atoms with Crippen molar-refractivity contribution in [1.82, 2.24) is 0 Å². The number of benzene rings is 3. The number of hydrogen-bond donors (Lipinski definition) is 0. The summed E-state index contributed by atoms with van der Waals surface area (Å²) < 4.78 is 41.1. The van der Waals surface area contributed by atoms with Crippen LogP contribution in [-0.4, -0.2) is 50.1 Å². The number of allylic oxidation sites excluding steroid dienone is 1. The number of unbranched alkanes of at least 4 members (excludes halogenated alkanes) is 7. The normalized spacial score (nSPS) is 15.2. The Bertz CT molecular complexity index is 1560. The Hall–Kier alpha value is -4.67. The van der Waals surface area contributed by atoms with E-state index in [4.69, 9.17) is 33.2 Å². The second-order valence-electron chi connectivity index (χ2n) is 13.6. The van der Waals surface area contributed by atoms with Crippen LogP contribution in [0.2, 0.25) is 0 Å². The predicted molar refractivity (Wildman–Crippen MR) is 211 cm³/mol. The van der Waals surface area contributed by atoms with Gasteiger partial charge in [-0.25, -0.2) is 9.59 Å². The van der Waals surface area contributed by atoms with E-state index in [1.807, 2.05) is 13.0 Å². The Morgan fingerprint density at radius 3 is 2.09 bits per heavy atom. The number of rotatable bonds is 26. The standard InChI is InChI=1S/C45H58O10/c1-3-5-6-7-8-9-10-11-22-43(55-42-21-14-15-34-50-42)54-41-20-13-12-19-40(41)45(48)53-39-29-27-38(28-30-39)52-44(47)35-23-25-37(26-24-35)51-36(4-2)18-16-32-49-33-17-31-46/h12-13,17,19-20,23-31,33,36,42-43H,3-11,14-16,18,21-22,32,34H2,1-2H3. The molecule has 0 amide bonds. The summed E-state index contributed by atoms with van der Waals surface area (Å²) in [7, 11) is 0. The van der Waals surface area contributed by atoms with Crippen LogP contribution < -0.4 is 18.9 Å². The van der Waals surface area contributed by atoms with Gasteiger partial charge in [-0.1, -0.05) is 70.9 Å². The Morgan fingerprint density at radius 2 is 1.42 bits per heavy atom. The highest BCUT2D eigenvalue weighted by molar-refractivity contribution is 5.94. The highest BCUT2D eigenvalue weighted by Gasteiger charge is 2.24. The van der Waals surface area contributed by atoms with E-state index in [1.165, 1.54) is 50.9 Å². The van der Waals surface area contributed by atoms with Crippen molar-refractivity contribution in [2.75, 3.05) is 13.2 Å². The minimum Gasteiger partial charge on any atom is -0.501 e. The van der Waals surface area contributed by atoms with E-state index in [-0.39, 0.29) is 23.7 Å². The molecule has 3 atom stereocenters. The lowest BCUT2D eigenvalue weighted by molar-refractivity contribution is -0.233. The summed E-state index contributed by atoms with van der Waals surface area (Å²) in [6.45, 7) is 5.44. The van der Waals surface area contributed by atoms with E-state index in [1.54, 1.807) is 66.7 Å². The van der Waals surface area contributed by atoms with Crippen LogP contribution in [0.3, 0.4) is 0 Å². The smallest absolute Gasteiger partial charge is 0.347 e. The van der Waals surface area contributed by atoms with Crippen molar-refractivity contribution >= 4 is 18.2 Å². The molecule has 298 valence electrons. The van der Waals surface area contributed by atoms with Crippen molar-refractivity contribution in [2.45, 2.75) is 129 Å². The van der Waals surface area contributed by atoms with Gasteiger partial charge in [-0.15, -0.1) is 0 Å². The zero-order chi connectivity index (χ0) is 38.9. The molecule has 4 rings (SSSR count). The number of esters is 2. The molecular weight excluding hydrogens is 700 g/mol. The fraction of sp³-hybridized carbons (Fsp3) is 0.489. The largest absolute Gasteiger partial charge is 0.501 e. The lowest BCUT2D eigenvalue weighted by atomic mass is 10.1. The topological polar surface area (TPSA) is 116 Å². The van der Waals surface area contributed by atoms with E-state index >= 15 is 0 Å².